The van der Waals surface area contributed by atoms with Crippen molar-refractivity contribution in [2.45, 2.75) is 40.0 Å². The summed E-state index contributed by atoms with van der Waals surface area (Å²) in [5.41, 5.74) is 1.61. The Labute approximate surface area is 127 Å². The van der Waals surface area contributed by atoms with Gasteiger partial charge >= 0.3 is 10.3 Å². The summed E-state index contributed by atoms with van der Waals surface area (Å²) in [4.78, 5) is 8.72. The van der Waals surface area contributed by atoms with Gasteiger partial charge in [0.1, 0.15) is 0 Å². The van der Waals surface area contributed by atoms with Crippen molar-refractivity contribution in [3.63, 3.8) is 0 Å². The monoisotopic (exact) mass is 316 g/mol. The van der Waals surface area contributed by atoms with Gasteiger partial charge in [0, 0.05) is 24.8 Å². The van der Waals surface area contributed by atoms with Crippen molar-refractivity contribution >= 4 is 22.1 Å². The average Bonchev–Trinajstić information content (AvgIpc) is 2.45. The van der Waals surface area contributed by atoms with Crippen LogP contribution in [-0.2, 0) is 20.9 Å². The van der Waals surface area contributed by atoms with Gasteiger partial charge < -0.3 is 5.32 Å². The van der Waals surface area contributed by atoms with Crippen LogP contribution >= 0.6 is 0 Å². The lowest BCUT2D eigenvalue weighted by molar-refractivity contribution is 0.396. The molecule has 1 N–H and O–H groups in total. The lowest BCUT2D eigenvalue weighted by atomic mass is 10.1. The predicted octanol–water partition coefficient (Wildman–Crippen LogP) is 1.89. The summed E-state index contributed by atoms with van der Waals surface area (Å²) in [6.07, 6.45) is 2.68. The fraction of sp³-hybridized carbons (Fsp3) is 0.692. The highest BCUT2D eigenvalue weighted by Crippen LogP contribution is 2.25. The van der Waals surface area contributed by atoms with Crippen LogP contribution in [0.1, 0.15) is 37.9 Å². The molecular formula is C13H24N4O3S. The van der Waals surface area contributed by atoms with E-state index in [1.54, 1.807) is 0 Å². The first-order valence-corrected chi connectivity index (χ1v) is 8.39. The highest BCUT2D eigenvalue weighted by atomic mass is 32.2. The number of hydrogen-bond acceptors (Lipinski definition) is 6. The lowest BCUT2D eigenvalue weighted by Crippen LogP contribution is -2.30. The molecule has 0 aliphatic heterocycles. The van der Waals surface area contributed by atoms with Crippen molar-refractivity contribution in [3.8, 4) is 0 Å². The zero-order valence-electron chi connectivity index (χ0n) is 13.3. The standard InChI is InChI=1S/C13H24N4O3S/c1-6-8-9-11-10(3)15-13(14-7-2)16-12(11)17(4)21(18,19)20-5/h6-9H2,1-5H3,(H,14,15,16). The van der Waals surface area contributed by atoms with E-state index >= 15 is 0 Å². The molecule has 1 heterocycles. The number of nitrogens with zero attached hydrogens (tertiary/aromatic N) is 3. The Kier molecular flexibility index (Phi) is 6.35. The maximum absolute atomic E-state index is 11.9. The third kappa shape index (κ3) is 4.28. The molecule has 21 heavy (non-hydrogen) atoms. The Bertz CT molecular complexity index is 575. The fourth-order valence-corrected chi connectivity index (χ4v) is 2.53. The highest BCUT2D eigenvalue weighted by Gasteiger charge is 2.24. The van der Waals surface area contributed by atoms with E-state index in [2.05, 4.69) is 26.4 Å². The Morgan fingerprint density at radius 3 is 2.48 bits per heavy atom. The van der Waals surface area contributed by atoms with Gasteiger partial charge in [0.25, 0.3) is 0 Å². The molecule has 1 rings (SSSR count). The number of nitrogens with one attached hydrogen (secondary N) is 1. The molecule has 0 bridgehead atoms. The number of rotatable bonds is 8. The van der Waals surface area contributed by atoms with Crippen LogP contribution in [0.2, 0.25) is 0 Å². The van der Waals surface area contributed by atoms with Crippen molar-refractivity contribution in [2.24, 2.45) is 0 Å². The molecule has 7 nitrogen and oxygen atoms in total. The Balaban J connectivity index is 3.35. The summed E-state index contributed by atoms with van der Waals surface area (Å²) < 4.78 is 29.5. The largest absolute Gasteiger partial charge is 0.363 e. The first-order chi connectivity index (χ1) is 9.87. The molecule has 8 heteroatoms. The lowest BCUT2D eigenvalue weighted by Gasteiger charge is -2.21. The maximum Gasteiger partial charge on any atom is 0.363 e. The van der Waals surface area contributed by atoms with Crippen LogP contribution < -0.4 is 9.62 Å². The minimum Gasteiger partial charge on any atom is -0.354 e. The molecule has 0 aliphatic carbocycles. The summed E-state index contributed by atoms with van der Waals surface area (Å²) in [6.45, 7) is 6.54. The van der Waals surface area contributed by atoms with Crippen molar-refractivity contribution < 1.29 is 12.6 Å². The van der Waals surface area contributed by atoms with E-state index in [4.69, 9.17) is 0 Å². The van der Waals surface area contributed by atoms with E-state index in [9.17, 15) is 8.42 Å². The number of aromatic nitrogens is 2. The third-order valence-electron chi connectivity index (χ3n) is 3.15. The van der Waals surface area contributed by atoms with Crippen molar-refractivity contribution in [1.82, 2.24) is 9.97 Å². The molecule has 0 atom stereocenters. The highest BCUT2D eigenvalue weighted by molar-refractivity contribution is 7.88. The van der Waals surface area contributed by atoms with Crippen LogP contribution in [0.3, 0.4) is 0 Å². The Morgan fingerprint density at radius 2 is 1.95 bits per heavy atom. The summed E-state index contributed by atoms with van der Waals surface area (Å²) in [5, 5.41) is 3.01. The molecule has 0 radical (unpaired) electrons. The molecule has 0 aromatic carbocycles. The first-order valence-electron chi connectivity index (χ1n) is 7.03. The van der Waals surface area contributed by atoms with Gasteiger partial charge in [-0.2, -0.15) is 13.4 Å². The molecule has 0 amide bonds. The predicted molar refractivity (Wildman–Crippen MR) is 83.9 cm³/mol. The summed E-state index contributed by atoms with van der Waals surface area (Å²) in [7, 11) is -1.26. The SMILES string of the molecule is CCCCc1c(C)nc(NCC)nc1N(C)S(=O)(=O)OC. The van der Waals surface area contributed by atoms with Gasteiger partial charge in [-0.3, -0.25) is 4.18 Å². The minimum absolute atomic E-state index is 0.369. The van der Waals surface area contributed by atoms with E-state index in [1.165, 1.54) is 7.05 Å². The second kappa shape index (κ2) is 7.56. The Morgan fingerprint density at radius 1 is 1.29 bits per heavy atom. The van der Waals surface area contributed by atoms with Crippen LogP contribution in [0.25, 0.3) is 0 Å². The van der Waals surface area contributed by atoms with E-state index in [-0.39, 0.29) is 0 Å². The van der Waals surface area contributed by atoms with Gasteiger partial charge in [0.05, 0.1) is 7.11 Å². The van der Waals surface area contributed by atoms with E-state index in [0.717, 1.165) is 41.9 Å². The van der Waals surface area contributed by atoms with E-state index < -0.39 is 10.3 Å². The smallest absolute Gasteiger partial charge is 0.354 e. The van der Waals surface area contributed by atoms with E-state index in [0.29, 0.717) is 18.3 Å². The van der Waals surface area contributed by atoms with Gasteiger partial charge in [-0.25, -0.2) is 9.29 Å². The maximum atomic E-state index is 11.9. The molecule has 0 saturated carbocycles. The molecule has 0 unspecified atom stereocenters. The van der Waals surface area contributed by atoms with Crippen molar-refractivity contribution in [2.75, 3.05) is 30.3 Å². The summed E-state index contributed by atoms with van der Waals surface area (Å²) in [6, 6.07) is 0. The Hall–Kier alpha value is -1.41. The second-order valence-electron chi connectivity index (χ2n) is 4.66. The van der Waals surface area contributed by atoms with Crippen LogP contribution in [-0.4, -0.2) is 39.1 Å². The molecule has 0 aliphatic rings. The third-order valence-corrected chi connectivity index (χ3v) is 4.42. The van der Waals surface area contributed by atoms with Crippen LogP contribution in [0.15, 0.2) is 0 Å². The molecule has 0 spiro atoms. The molecule has 0 saturated heterocycles. The van der Waals surface area contributed by atoms with Gasteiger partial charge in [-0.05, 0) is 26.7 Å². The molecule has 120 valence electrons. The van der Waals surface area contributed by atoms with Crippen molar-refractivity contribution in [3.05, 3.63) is 11.3 Å². The zero-order valence-corrected chi connectivity index (χ0v) is 14.1. The number of aryl methyl sites for hydroxylation is 1. The number of anilines is 2. The topological polar surface area (TPSA) is 84.4 Å². The molecular weight excluding hydrogens is 292 g/mol. The summed E-state index contributed by atoms with van der Waals surface area (Å²) >= 11 is 0. The normalized spacial score (nSPS) is 11.5. The van der Waals surface area contributed by atoms with Gasteiger partial charge in [0.15, 0.2) is 5.82 Å². The fourth-order valence-electron chi connectivity index (χ4n) is 1.94. The molecule has 0 fully saturated rings. The van der Waals surface area contributed by atoms with Gasteiger partial charge in [-0.15, -0.1) is 0 Å². The second-order valence-corrected chi connectivity index (χ2v) is 6.40. The van der Waals surface area contributed by atoms with Crippen LogP contribution in [0.4, 0.5) is 11.8 Å². The summed E-state index contributed by atoms with van der Waals surface area (Å²) in [5.74, 6) is 0.789. The van der Waals surface area contributed by atoms with Crippen LogP contribution in [0.5, 0.6) is 0 Å². The number of hydrogen-bond donors (Lipinski definition) is 1. The minimum atomic E-state index is -3.83. The molecule has 1 aromatic rings. The van der Waals surface area contributed by atoms with E-state index in [1.807, 2.05) is 13.8 Å². The van der Waals surface area contributed by atoms with Crippen LogP contribution in [0, 0.1) is 6.92 Å². The van der Waals surface area contributed by atoms with Crippen molar-refractivity contribution in [1.29, 1.82) is 0 Å². The van der Waals surface area contributed by atoms with Gasteiger partial charge in [0.2, 0.25) is 5.95 Å². The molecule has 1 aromatic heterocycles. The average molecular weight is 316 g/mol. The first kappa shape index (κ1) is 17.6. The zero-order chi connectivity index (χ0) is 16.0. The van der Waals surface area contributed by atoms with Gasteiger partial charge in [-0.1, -0.05) is 13.3 Å². The quantitative estimate of drug-likeness (QED) is 0.788. The number of unbranched alkanes of at least 4 members (excludes halogenated alkanes) is 1.